The lowest BCUT2D eigenvalue weighted by Crippen LogP contribution is -2.32. The van der Waals surface area contributed by atoms with Gasteiger partial charge in [-0.15, -0.1) is 0 Å². The molecule has 0 saturated heterocycles. The molecule has 1 aliphatic rings. The summed E-state index contributed by atoms with van der Waals surface area (Å²) in [6.45, 7) is 0. The average molecular weight is 332 g/mol. The van der Waals surface area contributed by atoms with Gasteiger partial charge in [-0.3, -0.25) is 9.59 Å². The minimum atomic E-state index is -0.369. The molecule has 6 nitrogen and oxygen atoms in total. The molecule has 0 fully saturated rings. The molecule has 2 N–H and O–H groups in total. The molecule has 0 atom stereocenters. The molecule has 2 heterocycles. The molecule has 2 rings (SSSR count). The zero-order chi connectivity index (χ0) is 13.1. The first-order valence-electron chi connectivity index (χ1n) is 5.04. The van der Waals surface area contributed by atoms with Crippen molar-refractivity contribution in [1.82, 2.24) is 10.4 Å². The van der Waals surface area contributed by atoms with E-state index in [0.29, 0.717) is 21.7 Å². The van der Waals surface area contributed by atoms with Gasteiger partial charge in [0, 0.05) is 12.8 Å². The molecule has 8 heteroatoms. The molecule has 1 aliphatic heterocycles. The number of pyridine rings is 1. The summed E-state index contributed by atoms with van der Waals surface area (Å²) in [6, 6.07) is 1.63. The quantitative estimate of drug-likeness (QED) is 0.809. The number of hydrazone groups is 1. The van der Waals surface area contributed by atoms with Gasteiger partial charge < -0.3 is 5.32 Å². The normalized spacial score (nSPS) is 14.8. The first-order valence-corrected chi connectivity index (χ1v) is 6.21. The predicted molar refractivity (Wildman–Crippen MR) is 70.4 cm³/mol. The third kappa shape index (κ3) is 3.05. The number of nitrogens with zero attached hydrogens (tertiary/aromatic N) is 2. The number of nitrogens with one attached hydrogen (secondary N) is 2. The van der Waals surface area contributed by atoms with Crippen molar-refractivity contribution in [3.05, 3.63) is 21.9 Å². The van der Waals surface area contributed by atoms with Crippen LogP contribution in [0.3, 0.4) is 0 Å². The predicted octanol–water partition coefficient (Wildman–Crippen LogP) is 1.70. The van der Waals surface area contributed by atoms with Crippen molar-refractivity contribution < 1.29 is 9.59 Å². The van der Waals surface area contributed by atoms with E-state index >= 15 is 0 Å². The van der Waals surface area contributed by atoms with Crippen LogP contribution in [-0.2, 0) is 9.59 Å². The largest absolute Gasteiger partial charge is 0.319 e. The Labute approximate surface area is 116 Å². The smallest absolute Gasteiger partial charge is 0.271 e. The molecule has 1 aromatic heterocycles. The van der Waals surface area contributed by atoms with Crippen LogP contribution in [0.25, 0.3) is 0 Å². The summed E-state index contributed by atoms with van der Waals surface area (Å²) < 4.78 is 0.584. The third-order valence-electron chi connectivity index (χ3n) is 2.22. The third-order valence-corrected chi connectivity index (χ3v) is 3.35. The van der Waals surface area contributed by atoms with Gasteiger partial charge in [-0.1, -0.05) is 11.6 Å². The Morgan fingerprint density at radius 1 is 1.50 bits per heavy atom. The SMILES string of the molecule is O=C1CCC(C(=O)Nc2cnc(Cl)c(Br)c2)=NN1. The molecule has 0 spiro atoms. The van der Waals surface area contributed by atoms with E-state index in [1.807, 2.05) is 0 Å². The van der Waals surface area contributed by atoms with Crippen molar-refractivity contribution in [2.45, 2.75) is 12.8 Å². The van der Waals surface area contributed by atoms with Crippen molar-refractivity contribution in [3.8, 4) is 0 Å². The van der Waals surface area contributed by atoms with Crippen LogP contribution >= 0.6 is 27.5 Å². The Kier molecular flexibility index (Phi) is 3.93. The summed E-state index contributed by atoms with van der Waals surface area (Å²) in [5.74, 6) is -0.562. The van der Waals surface area contributed by atoms with Crippen molar-refractivity contribution >= 4 is 50.7 Å². The maximum absolute atomic E-state index is 11.8. The highest BCUT2D eigenvalue weighted by Gasteiger charge is 2.18. The molecular weight excluding hydrogens is 323 g/mol. The number of amides is 2. The summed E-state index contributed by atoms with van der Waals surface area (Å²) in [6.07, 6.45) is 2.02. The van der Waals surface area contributed by atoms with Crippen LogP contribution in [0, 0.1) is 0 Å². The van der Waals surface area contributed by atoms with E-state index in [1.54, 1.807) is 6.07 Å². The van der Waals surface area contributed by atoms with E-state index < -0.39 is 0 Å². The Morgan fingerprint density at radius 3 is 2.89 bits per heavy atom. The fourth-order valence-electron chi connectivity index (χ4n) is 1.33. The van der Waals surface area contributed by atoms with Gasteiger partial charge in [0.05, 0.1) is 16.4 Å². The van der Waals surface area contributed by atoms with Crippen molar-refractivity contribution in [3.63, 3.8) is 0 Å². The number of aromatic nitrogens is 1. The van der Waals surface area contributed by atoms with E-state index in [2.05, 4.69) is 36.8 Å². The van der Waals surface area contributed by atoms with E-state index in [-0.39, 0.29) is 23.9 Å². The van der Waals surface area contributed by atoms with Crippen LogP contribution in [0.4, 0.5) is 5.69 Å². The Morgan fingerprint density at radius 2 is 2.28 bits per heavy atom. The van der Waals surface area contributed by atoms with Gasteiger partial charge in [0.25, 0.3) is 5.91 Å². The van der Waals surface area contributed by atoms with E-state index in [9.17, 15) is 9.59 Å². The second-order valence-electron chi connectivity index (χ2n) is 3.54. The van der Waals surface area contributed by atoms with Crippen molar-refractivity contribution in [2.24, 2.45) is 5.10 Å². The summed E-state index contributed by atoms with van der Waals surface area (Å²) in [5, 5.41) is 6.63. The minimum Gasteiger partial charge on any atom is -0.319 e. The summed E-state index contributed by atoms with van der Waals surface area (Å²) in [5.41, 5.74) is 3.04. The number of halogens is 2. The molecule has 0 aliphatic carbocycles. The van der Waals surface area contributed by atoms with Gasteiger partial charge in [-0.2, -0.15) is 5.10 Å². The van der Waals surface area contributed by atoms with E-state index in [1.165, 1.54) is 6.20 Å². The molecule has 0 unspecified atom stereocenters. The van der Waals surface area contributed by atoms with Crippen LogP contribution in [0.2, 0.25) is 5.15 Å². The van der Waals surface area contributed by atoms with Crippen LogP contribution in [0.5, 0.6) is 0 Å². The monoisotopic (exact) mass is 330 g/mol. The molecular formula is C10H8BrClN4O2. The van der Waals surface area contributed by atoms with E-state index in [0.717, 1.165) is 0 Å². The average Bonchev–Trinajstić information content (AvgIpc) is 2.34. The maximum atomic E-state index is 11.8. The molecule has 0 radical (unpaired) electrons. The van der Waals surface area contributed by atoms with Gasteiger partial charge in [0.15, 0.2) is 0 Å². The number of carbonyl (C=O) groups is 2. The first kappa shape index (κ1) is 13.0. The lowest BCUT2D eigenvalue weighted by molar-refractivity contribution is -0.121. The second kappa shape index (κ2) is 5.45. The zero-order valence-corrected chi connectivity index (χ0v) is 11.4. The molecule has 0 aromatic carbocycles. The van der Waals surface area contributed by atoms with Gasteiger partial charge >= 0.3 is 0 Å². The fraction of sp³-hybridized carbons (Fsp3) is 0.200. The summed E-state index contributed by atoms with van der Waals surface area (Å²) in [4.78, 5) is 26.6. The van der Waals surface area contributed by atoms with E-state index in [4.69, 9.17) is 11.6 Å². The molecule has 94 valence electrons. The van der Waals surface area contributed by atoms with Crippen LogP contribution in [0.1, 0.15) is 12.8 Å². The lowest BCUT2D eigenvalue weighted by Gasteiger charge is -2.12. The zero-order valence-electron chi connectivity index (χ0n) is 9.04. The van der Waals surface area contributed by atoms with Gasteiger partial charge in [0.1, 0.15) is 10.9 Å². The highest BCUT2D eigenvalue weighted by atomic mass is 79.9. The number of hydrogen-bond donors (Lipinski definition) is 2. The van der Waals surface area contributed by atoms with Crippen molar-refractivity contribution in [2.75, 3.05) is 5.32 Å². The second-order valence-corrected chi connectivity index (χ2v) is 4.76. The summed E-state index contributed by atoms with van der Waals surface area (Å²) in [7, 11) is 0. The van der Waals surface area contributed by atoms with Gasteiger partial charge in [-0.05, 0) is 22.0 Å². The molecule has 0 saturated carbocycles. The van der Waals surface area contributed by atoms with Crippen LogP contribution in [0.15, 0.2) is 21.8 Å². The Bertz CT molecular complexity index is 547. The standard InChI is InChI=1S/C10H8BrClN4O2/c11-6-3-5(4-13-9(6)12)14-10(18)7-1-2-8(17)16-15-7/h3-4H,1-2H2,(H,14,18)(H,16,17). The van der Waals surface area contributed by atoms with Crippen LogP contribution in [-0.4, -0.2) is 22.5 Å². The summed E-state index contributed by atoms with van der Waals surface area (Å²) >= 11 is 8.95. The molecule has 2 amide bonds. The number of rotatable bonds is 2. The van der Waals surface area contributed by atoms with Gasteiger partial charge in [0.2, 0.25) is 5.91 Å². The highest BCUT2D eigenvalue weighted by Crippen LogP contribution is 2.22. The number of anilines is 1. The van der Waals surface area contributed by atoms with Gasteiger partial charge in [-0.25, -0.2) is 10.4 Å². The first-order chi connectivity index (χ1) is 8.56. The Hall–Kier alpha value is -1.47. The topological polar surface area (TPSA) is 83.5 Å². The number of carbonyl (C=O) groups excluding carboxylic acids is 2. The lowest BCUT2D eigenvalue weighted by atomic mass is 10.1. The highest BCUT2D eigenvalue weighted by molar-refractivity contribution is 9.10. The molecule has 1 aromatic rings. The van der Waals surface area contributed by atoms with Crippen molar-refractivity contribution in [1.29, 1.82) is 0 Å². The Balaban J connectivity index is 2.07. The molecule has 18 heavy (non-hydrogen) atoms. The van der Waals surface area contributed by atoms with Crippen LogP contribution < -0.4 is 10.7 Å². The minimum absolute atomic E-state index is 0.192. The maximum Gasteiger partial charge on any atom is 0.271 e. The molecule has 0 bridgehead atoms. The number of hydrogen-bond acceptors (Lipinski definition) is 4. The fourth-order valence-corrected chi connectivity index (χ4v) is 1.78.